The van der Waals surface area contributed by atoms with Crippen molar-refractivity contribution in [2.24, 2.45) is 5.41 Å². The Balaban J connectivity index is 2.24. The van der Waals surface area contributed by atoms with Crippen molar-refractivity contribution < 1.29 is 5.11 Å². The van der Waals surface area contributed by atoms with E-state index in [4.69, 9.17) is 6.42 Å². The predicted molar refractivity (Wildman–Crippen MR) is 49.6 cm³/mol. The quantitative estimate of drug-likeness (QED) is 0.480. The van der Waals surface area contributed by atoms with E-state index in [1.807, 2.05) is 0 Å². The molecule has 12 heavy (non-hydrogen) atoms. The molecule has 0 aromatic carbocycles. The van der Waals surface area contributed by atoms with Gasteiger partial charge in [0, 0.05) is 24.4 Å². The lowest BCUT2D eigenvalue weighted by atomic mass is 9.64. The van der Waals surface area contributed by atoms with Crippen LogP contribution in [0.2, 0.25) is 0 Å². The maximum absolute atomic E-state index is 9.42. The summed E-state index contributed by atoms with van der Waals surface area (Å²) in [7, 11) is 0. The van der Waals surface area contributed by atoms with E-state index in [0.29, 0.717) is 6.04 Å². The first-order chi connectivity index (χ1) is 5.59. The molecule has 1 fully saturated rings. The van der Waals surface area contributed by atoms with Crippen LogP contribution in [0.5, 0.6) is 0 Å². The molecule has 2 nitrogen and oxygen atoms in total. The second-order valence-electron chi connectivity index (χ2n) is 4.03. The van der Waals surface area contributed by atoms with E-state index in [0.717, 1.165) is 19.4 Å². The number of hydrogen-bond acceptors (Lipinski definition) is 2. The van der Waals surface area contributed by atoms with E-state index < -0.39 is 0 Å². The average molecular weight is 167 g/mol. The lowest BCUT2D eigenvalue weighted by molar-refractivity contribution is -0.0719. The fourth-order valence-electron chi connectivity index (χ4n) is 1.57. The third-order valence-electron chi connectivity index (χ3n) is 2.88. The maximum atomic E-state index is 9.42. The van der Waals surface area contributed by atoms with Crippen LogP contribution in [0, 0.1) is 17.8 Å². The van der Waals surface area contributed by atoms with Crippen molar-refractivity contribution in [2.75, 3.05) is 6.54 Å². The van der Waals surface area contributed by atoms with Crippen LogP contribution in [-0.4, -0.2) is 23.8 Å². The van der Waals surface area contributed by atoms with E-state index in [1.54, 1.807) is 0 Å². The molecule has 0 spiro atoms. The fourth-order valence-corrected chi connectivity index (χ4v) is 1.57. The van der Waals surface area contributed by atoms with Crippen LogP contribution in [0.1, 0.15) is 26.7 Å². The van der Waals surface area contributed by atoms with Crippen LogP contribution < -0.4 is 5.32 Å². The predicted octanol–water partition coefficient (Wildman–Crippen LogP) is 0.759. The van der Waals surface area contributed by atoms with Crippen molar-refractivity contribution in [3.63, 3.8) is 0 Å². The topological polar surface area (TPSA) is 32.3 Å². The first kappa shape index (κ1) is 9.57. The molecule has 1 rings (SSSR count). The summed E-state index contributed by atoms with van der Waals surface area (Å²) in [5, 5.41) is 12.8. The molecule has 0 heterocycles. The number of aliphatic hydroxyl groups excluding tert-OH is 1. The first-order valence-electron chi connectivity index (χ1n) is 4.44. The second kappa shape index (κ2) is 3.47. The molecule has 2 N–H and O–H groups in total. The van der Waals surface area contributed by atoms with Crippen molar-refractivity contribution in [3.8, 4) is 12.3 Å². The Bertz CT molecular complexity index is 193. The maximum Gasteiger partial charge on any atom is 0.0621 e. The second-order valence-corrected chi connectivity index (χ2v) is 4.03. The van der Waals surface area contributed by atoms with Gasteiger partial charge in [0.15, 0.2) is 0 Å². The normalized spacial score (nSPS) is 32.2. The average Bonchev–Trinajstić information content (AvgIpc) is 2.04. The summed E-state index contributed by atoms with van der Waals surface area (Å²) in [4.78, 5) is 0. The van der Waals surface area contributed by atoms with Crippen LogP contribution >= 0.6 is 0 Å². The van der Waals surface area contributed by atoms with Crippen LogP contribution in [0.4, 0.5) is 0 Å². The molecule has 2 unspecified atom stereocenters. The molecule has 1 aliphatic rings. The molecule has 0 amide bonds. The van der Waals surface area contributed by atoms with Gasteiger partial charge in [0.2, 0.25) is 0 Å². The standard InChI is InChI=1S/C10H17NO/c1-4-5-6-11-8-7-9(12)10(8,2)3/h1,8-9,11-12H,5-7H2,2-3H3. The number of terminal acetylenes is 1. The molecule has 68 valence electrons. The summed E-state index contributed by atoms with van der Waals surface area (Å²) >= 11 is 0. The molecule has 0 aliphatic heterocycles. The van der Waals surface area contributed by atoms with Crippen molar-refractivity contribution in [1.29, 1.82) is 0 Å². The van der Waals surface area contributed by atoms with Gasteiger partial charge in [0.25, 0.3) is 0 Å². The number of hydrogen-bond donors (Lipinski definition) is 2. The molecule has 0 aromatic heterocycles. The molecule has 0 radical (unpaired) electrons. The zero-order valence-electron chi connectivity index (χ0n) is 7.80. The SMILES string of the molecule is C#CCCNC1CC(O)C1(C)C. The monoisotopic (exact) mass is 167 g/mol. The largest absolute Gasteiger partial charge is 0.392 e. The number of nitrogens with one attached hydrogen (secondary N) is 1. The molecule has 0 bridgehead atoms. The molecule has 2 atom stereocenters. The number of rotatable bonds is 3. The summed E-state index contributed by atoms with van der Waals surface area (Å²) < 4.78 is 0. The summed E-state index contributed by atoms with van der Waals surface area (Å²) in [6.07, 6.45) is 6.60. The van der Waals surface area contributed by atoms with Crippen LogP contribution in [0.3, 0.4) is 0 Å². The molecule has 0 aromatic rings. The molecule has 1 saturated carbocycles. The van der Waals surface area contributed by atoms with Crippen molar-refractivity contribution in [3.05, 3.63) is 0 Å². The zero-order valence-corrected chi connectivity index (χ0v) is 7.80. The van der Waals surface area contributed by atoms with E-state index >= 15 is 0 Å². The fraction of sp³-hybridized carbons (Fsp3) is 0.800. The highest BCUT2D eigenvalue weighted by Crippen LogP contribution is 2.40. The molecule has 2 heteroatoms. The Morgan fingerprint density at radius 3 is 2.75 bits per heavy atom. The molecule has 0 saturated heterocycles. The van der Waals surface area contributed by atoms with Crippen molar-refractivity contribution >= 4 is 0 Å². The van der Waals surface area contributed by atoms with E-state index in [1.165, 1.54) is 0 Å². The third-order valence-corrected chi connectivity index (χ3v) is 2.88. The minimum Gasteiger partial charge on any atom is -0.392 e. The molecular formula is C10H17NO. The van der Waals surface area contributed by atoms with Gasteiger partial charge in [-0.1, -0.05) is 13.8 Å². The van der Waals surface area contributed by atoms with Crippen LogP contribution in [0.15, 0.2) is 0 Å². The minimum atomic E-state index is -0.152. The Kier molecular flexibility index (Phi) is 2.76. The van der Waals surface area contributed by atoms with Gasteiger partial charge in [-0.15, -0.1) is 12.3 Å². The lowest BCUT2D eigenvalue weighted by Gasteiger charge is -2.49. The lowest BCUT2D eigenvalue weighted by Crippen LogP contribution is -2.60. The summed E-state index contributed by atoms with van der Waals surface area (Å²) in [5.41, 5.74) is 0.0224. The van der Waals surface area contributed by atoms with Gasteiger partial charge in [-0.2, -0.15) is 0 Å². The Labute approximate surface area is 74.4 Å². The van der Waals surface area contributed by atoms with Gasteiger partial charge < -0.3 is 10.4 Å². The Morgan fingerprint density at radius 1 is 1.67 bits per heavy atom. The highest BCUT2D eigenvalue weighted by molar-refractivity contribution is 5.02. The number of aliphatic hydroxyl groups is 1. The van der Waals surface area contributed by atoms with Crippen LogP contribution in [0.25, 0.3) is 0 Å². The summed E-state index contributed by atoms with van der Waals surface area (Å²) in [6.45, 7) is 5.01. The van der Waals surface area contributed by atoms with Gasteiger partial charge in [-0.3, -0.25) is 0 Å². The first-order valence-corrected chi connectivity index (χ1v) is 4.44. The van der Waals surface area contributed by atoms with Gasteiger partial charge in [-0.05, 0) is 6.42 Å². The highest BCUT2D eigenvalue weighted by atomic mass is 16.3. The van der Waals surface area contributed by atoms with Gasteiger partial charge in [0.1, 0.15) is 0 Å². The van der Waals surface area contributed by atoms with Crippen LogP contribution in [-0.2, 0) is 0 Å². The summed E-state index contributed by atoms with van der Waals surface area (Å²) in [6, 6.07) is 0.431. The van der Waals surface area contributed by atoms with Crippen molar-refractivity contribution in [1.82, 2.24) is 5.32 Å². The van der Waals surface area contributed by atoms with Gasteiger partial charge in [-0.25, -0.2) is 0 Å². The summed E-state index contributed by atoms with van der Waals surface area (Å²) in [5.74, 6) is 2.58. The zero-order chi connectivity index (χ0) is 9.19. The third kappa shape index (κ3) is 1.63. The van der Waals surface area contributed by atoms with E-state index in [9.17, 15) is 5.11 Å². The highest BCUT2D eigenvalue weighted by Gasteiger charge is 2.46. The molecular weight excluding hydrogens is 150 g/mol. The Morgan fingerprint density at radius 2 is 2.33 bits per heavy atom. The smallest absolute Gasteiger partial charge is 0.0621 e. The minimum absolute atomic E-state index is 0.0224. The van der Waals surface area contributed by atoms with E-state index in [-0.39, 0.29) is 11.5 Å². The van der Waals surface area contributed by atoms with Crippen molar-refractivity contribution in [2.45, 2.75) is 38.8 Å². The Hall–Kier alpha value is -0.520. The van der Waals surface area contributed by atoms with Gasteiger partial charge >= 0.3 is 0 Å². The van der Waals surface area contributed by atoms with Gasteiger partial charge in [0.05, 0.1) is 6.10 Å². The van der Waals surface area contributed by atoms with E-state index in [2.05, 4.69) is 25.1 Å². The molecule has 1 aliphatic carbocycles.